The zero-order valence-corrected chi connectivity index (χ0v) is 19.9. The number of nitrogens with zero attached hydrogens (tertiary/aromatic N) is 6. The minimum absolute atomic E-state index is 0.274. The summed E-state index contributed by atoms with van der Waals surface area (Å²) in [5, 5.41) is 18.2. The number of anilines is 2. The third-order valence-electron chi connectivity index (χ3n) is 7.34. The molecule has 3 aliphatic rings. The minimum Gasteiger partial charge on any atom is -0.393 e. The van der Waals surface area contributed by atoms with Crippen LogP contribution in [-0.4, -0.2) is 86.8 Å². The number of alkyl halides is 3. The summed E-state index contributed by atoms with van der Waals surface area (Å²) in [4.78, 5) is 14.0. The number of fused-ring (bicyclic) bond motifs is 1. The van der Waals surface area contributed by atoms with Crippen LogP contribution in [0.3, 0.4) is 0 Å². The molecule has 1 saturated carbocycles. The minimum atomic E-state index is -4.46. The van der Waals surface area contributed by atoms with E-state index in [-0.39, 0.29) is 17.3 Å². The molecule has 0 atom stereocenters. The van der Waals surface area contributed by atoms with Crippen LogP contribution in [0.5, 0.6) is 0 Å². The molecule has 2 aliphatic heterocycles. The van der Waals surface area contributed by atoms with Gasteiger partial charge in [-0.2, -0.15) is 28.2 Å². The number of halogens is 3. The lowest BCUT2D eigenvalue weighted by molar-refractivity contribution is -0.137. The Hall–Kier alpha value is -2.96. The van der Waals surface area contributed by atoms with Crippen molar-refractivity contribution < 1.29 is 23.0 Å². The van der Waals surface area contributed by atoms with Crippen molar-refractivity contribution in [1.82, 2.24) is 24.6 Å². The summed E-state index contributed by atoms with van der Waals surface area (Å²) < 4.78 is 47.0. The molecule has 1 aromatic carbocycles. The first-order chi connectivity index (χ1) is 17.2. The fraction of sp³-hybridized carbons (Fsp3) is 0.542. The monoisotopic (exact) mass is 503 g/mol. The molecular weight excluding hydrogens is 475 g/mol. The number of ether oxygens (including phenoxy) is 1. The van der Waals surface area contributed by atoms with Gasteiger partial charge in [0.05, 0.1) is 42.2 Å². The Labute approximate surface area is 205 Å². The predicted octanol–water partition coefficient (Wildman–Crippen LogP) is 2.68. The van der Waals surface area contributed by atoms with Crippen LogP contribution in [0.15, 0.2) is 30.5 Å². The van der Waals surface area contributed by atoms with Gasteiger partial charge >= 0.3 is 6.18 Å². The van der Waals surface area contributed by atoms with Crippen LogP contribution in [0.25, 0.3) is 16.7 Å². The molecule has 0 bridgehead atoms. The first kappa shape index (κ1) is 23.4. The second-order valence-corrected chi connectivity index (χ2v) is 10.2. The van der Waals surface area contributed by atoms with Crippen molar-refractivity contribution >= 4 is 22.8 Å². The van der Waals surface area contributed by atoms with E-state index >= 15 is 0 Å². The van der Waals surface area contributed by atoms with Crippen molar-refractivity contribution in [3.05, 3.63) is 36.0 Å². The van der Waals surface area contributed by atoms with E-state index in [9.17, 15) is 18.3 Å². The van der Waals surface area contributed by atoms with Crippen LogP contribution in [0.2, 0.25) is 0 Å². The maximum atomic E-state index is 13.4. The average molecular weight is 504 g/mol. The summed E-state index contributed by atoms with van der Waals surface area (Å²) >= 11 is 0. The first-order valence-corrected chi connectivity index (χ1v) is 12.1. The summed E-state index contributed by atoms with van der Waals surface area (Å²) in [5.74, 6) is 1.07. The quantitative estimate of drug-likeness (QED) is 0.549. The third kappa shape index (κ3) is 4.27. The van der Waals surface area contributed by atoms with Crippen molar-refractivity contribution in [2.24, 2.45) is 0 Å². The number of aliphatic hydroxyl groups excluding tert-OH is 1. The number of rotatable bonds is 5. The van der Waals surface area contributed by atoms with Gasteiger partial charge in [0, 0.05) is 37.8 Å². The number of hydrogen-bond acceptors (Lipinski definition) is 8. The Morgan fingerprint density at radius 3 is 2.58 bits per heavy atom. The summed E-state index contributed by atoms with van der Waals surface area (Å²) in [6.07, 6.45) is -2.08. The summed E-state index contributed by atoms with van der Waals surface area (Å²) in [6.45, 7) is 6.84. The third-order valence-corrected chi connectivity index (χ3v) is 7.34. The second kappa shape index (κ2) is 8.56. The molecule has 2 saturated heterocycles. The van der Waals surface area contributed by atoms with E-state index in [1.54, 1.807) is 12.3 Å². The molecule has 3 aromatic rings. The highest BCUT2D eigenvalue weighted by Gasteiger charge is 2.41. The fourth-order valence-electron chi connectivity index (χ4n) is 5.35. The molecule has 0 unspecified atom stereocenters. The van der Waals surface area contributed by atoms with Gasteiger partial charge in [0.2, 0.25) is 5.95 Å². The molecular formula is C24H28F3N7O2. The number of benzene rings is 1. The van der Waals surface area contributed by atoms with Gasteiger partial charge in [0.25, 0.3) is 0 Å². The molecule has 0 spiro atoms. The number of aromatic nitrogens is 4. The first-order valence-electron chi connectivity index (χ1n) is 12.1. The number of morpholine rings is 1. The van der Waals surface area contributed by atoms with Gasteiger partial charge in [-0.3, -0.25) is 4.90 Å². The Balaban J connectivity index is 1.36. The van der Waals surface area contributed by atoms with Crippen LogP contribution < -0.4 is 10.2 Å². The highest BCUT2D eigenvalue weighted by atomic mass is 19.4. The molecule has 2 N–H and O–H groups in total. The molecule has 12 heteroatoms. The summed E-state index contributed by atoms with van der Waals surface area (Å²) in [6, 6.07) is 5.46. The highest BCUT2D eigenvalue weighted by Crippen LogP contribution is 2.37. The molecule has 9 nitrogen and oxygen atoms in total. The van der Waals surface area contributed by atoms with Crippen molar-refractivity contribution in [3.63, 3.8) is 0 Å². The maximum Gasteiger partial charge on any atom is 0.416 e. The lowest BCUT2D eigenvalue weighted by Gasteiger charge is -2.47. The van der Waals surface area contributed by atoms with Gasteiger partial charge in [-0.05, 0) is 38.0 Å². The molecule has 6 rings (SSSR count). The highest BCUT2D eigenvalue weighted by molar-refractivity contribution is 5.89. The molecule has 192 valence electrons. The number of nitrogens with one attached hydrogen (secondary N) is 1. The number of hydrogen-bond donors (Lipinski definition) is 2. The Morgan fingerprint density at radius 1 is 1.14 bits per heavy atom. The SMILES string of the molecule is C[C@]1(Nc2nc(N3CC(N4CCOCC4)C3)c3cnn(-c4cccc(C(F)(F)F)c4)c3n2)C[C@H](O)C1. The van der Waals surface area contributed by atoms with Crippen molar-refractivity contribution in [2.45, 2.75) is 43.6 Å². The van der Waals surface area contributed by atoms with Crippen molar-refractivity contribution in [2.75, 3.05) is 49.6 Å². The van der Waals surface area contributed by atoms with E-state index in [1.807, 2.05) is 6.92 Å². The van der Waals surface area contributed by atoms with Gasteiger partial charge in [-0.25, -0.2) is 4.68 Å². The van der Waals surface area contributed by atoms with E-state index in [0.29, 0.717) is 41.7 Å². The van der Waals surface area contributed by atoms with E-state index in [2.05, 4.69) is 25.2 Å². The molecule has 3 fully saturated rings. The van der Waals surface area contributed by atoms with Gasteiger partial charge < -0.3 is 20.1 Å². The van der Waals surface area contributed by atoms with E-state index in [4.69, 9.17) is 9.72 Å². The largest absolute Gasteiger partial charge is 0.416 e. The molecule has 4 heterocycles. The predicted molar refractivity (Wildman–Crippen MR) is 127 cm³/mol. The lowest BCUT2D eigenvalue weighted by Crippen LogP contribution is -2.61. The van der Waals surface area contributed by atoms with Crippen LogP contribution in [-0.2, 0) is 10.9 Å². The van der Waals surface area contributed by atoms with Crippen LogP contribution in [0, 0.1) is 0 Å². The van der Waals surface area contributed by atoms with Gasteiger partial charge in [-0.1, -0.05) is 6.07 Å². The maximum absolute atomic E-state index is 13.4. The average Bonchev–Trinajstić information content (AvgIpc) is 3.21. The lowest BCUT2D eigenvalue weighted by atomic mass is 9.76. The van der Waals surface area contributed by atoms with Crippen LogP contribution >= 0.6 is 0 Å². The van der Waals surface area contributed by atoms with E-state index in [1.165, 1.54) is 10.7 Å². The smallest absolute Gasteiger partial charge is 0.393 e. The van der Waals surface area contributed by atoms with Crippen LogP contribution in [0.1, 0.15) is 25.3 Å². The van der Waals surface area contributed by atoms with Crippen molar-refractivity contribution in [1.29, 1.82) is 0 Å². The van der Waals surface area contributed by atoms with Gasteiger partial charge in [0.1, 0.15) is 5.82 Å². The standard InChI is InChI=1S/C24H28F3N7O2/c1-23(10-18(35)11-23)31-22-29-20(33-13-17(14-33)32-5-7-36-8-6-32)19-12-28-34(21(19)30-22)16-4-2-3-15(9-16)24(25,26)27/h2-4,9,12,17-18,35H,5-8,10-11,13-14H2,1H3,(H,29,30,31)/t18-,23-. The zero-order valence-electron chi connectivity index (χ0n) is 19.9. The topological polar surface area (TPSA) is 91.6 Å². The summed E-state index contributed by atoms with van der Waals surface area (Å²) in [7, 11) is 0. The van der Waals surface area contributed by atoms with Gasteiger partial charge in [-0.15, -0.1) is 0 Å². The molecule has 1 aliphatic carbocycles. The molecule has 2 aromatic heterocycles. The molecule has 0 amide bonds. The normalized spacial score (nSPS) is 25.6. The molecule has 0 radical (unpaired) electrons. The van der Waals surface area contributed by atoms with E-state index in [0.717, 1.165) is 51.5 Å². The van der Waals surface area contributed by atoms with E-state index < -0.39 is 11.7 Å². The van der Waals surface area contributed by atoms with Gasteiger partial charge in [0.15, 0.2) is 5.65 Å². The second-order valence-electron chi connectivity index (χ2n) is 10.2. The van der Waals surface area contributed by atoms with Crippen molar-refractivity contribution in [3.8, 4) is 5.69 Å². The van der Waals surface area contributed by atoms with Crippen LogP contribution in [0.4, 0.5) is 24.9 Å². The molecule has 36 heavy (non-hydrogen) atoms. The number of aliphatic hydroxyl groups is 1. The summed E-state index contributed by atoms with van der Waals surface area (Å²) in [5.41, 5.74) is -0.393. The Morgan fingerprint density at radius 2 is 1.89 bits per heavy atom. The Kier molecular flexibility index (Phi) is 5.58. The zero-order chi connectivity index (χ0) is 25.1. The Bertz CT molecular complexity index is 1260. The fourth-order valence-corrected chi connectivity index (χ4v) is 5.35.